The lowest BCUT2D eigenvalue weighted by Gasteiger charge is -2.54. The first-order chi connectivity index (χ1) is 10.8. The number of Topliss-reactive ketones (excluding diaryl/α,β-unsaturated/α-hetero) is 1. The molecule has 0 radical (unpaired) electrons. The zero-order valence-electron chi connectivity index (χ0n) is 14.6. The molecule has 2 nitrogen and oxygen atoms in total. The summed E-state index contributed by atoms with van der Waals surface area (Å²) in [6.45, 7) is 8.97. The Labute approximate surface area is 138 Å². The minimum atomic E-state index is -0.140. The average Bonchev–Trinajstić information content (AvgIpc) is 2.82. The molecule has 0 saturated heterocycles. The van der Waals surface area contributed by atoms with Crippen molar-refractivity contribution in [2.45, 2.75) is 53.4 Å². The molecule has 2 fully saturated rings. The van der Waals surface area contributed by atoms with Crippen LogP contribution >= 0.6 is 0 Å². The van der Waals surface area contributed by atoms with Crippen LogP contribution in [0.25, 0.3) is 0 Å². The average molecular weight is 310 g/mol. The summed E-state index contributed by atoms with van der Waals surface area (Å²) in [4.78, 5) is 24.4. The van der Waals surface area contributed by atoms with Crippen LogP contribution in [0, 0.1) is 28.6 Å². The van der Waals surface area contributed by atoms with Crippen LogP contribution in [0.1, 0.15) is 53.4 Å². The van der Waals surface area contributed by atoms with Gasteiger partial charge in [0.05, 0.1) is 0 Å². The van der Waals surface area contributed by atoms with E-state index in [0.29, 0.717) is 23.5 Å². The van der Waals surface area contributed by atoms with Gasteiger partial charge in [0, 0.05) is 17.3 Å². The summed E-state index contributed by atoms with van der Waals surface area (Å²) >= 11 is 0. The highest BCUT2D eigenvalue weighted by atomic mass is 16.1. The van der Waals surface area contributed by atoms with Crippen molar-refractivity contribution in [3.8, 4) is 0 Å². The number of fused-ring (bicyclic) bond motifs is 5. The van der Waals surface area contributed by atoms with Crippen molar-refractivity contribution in [2.24, 2.45) is 28.6 Å². The van der Waals surface area contributed by atoms with Crippen LogP contribution in [0.15, 0.2) is 34.9 Å². The third-order valence-corrected chi connectivity index (χ3v) is 7.58. The molecular weight excluding hydrogens is 284 g/mol. The van der Waals surface area contributed by atoms with Crippen molar-refractivity contribution in [3.63, 3.8) is 0 Å². The second-order valence-corrected chi connectivity index (χ2v) is 8.50. The lowest BCUT2D eigenvalue weighted by atomic mass is 9.49. The largest absolute Gasteiger partial charge is 0.299 e. The maximum atomic E-state index is 12.5. The second-order valence-electron chi connectivity index (χ2n) is 8.50. The molecule has 0 aromatic rings. The minimum Gasteiger partial charge on any atom is -0.299 e. The van der Waals surface area contributed by atoms with Crippen molar-refractivity contribution in [1.29, 1.82) is 0 Å². The Hall–Kier alpha value is -1.44. The lowest BCUT2D eigenvalue weighted by Crippen LogP contribution is -2.47. The van der Waals surface area contributed by atoms with Gasteiger partial charge in [-0.25, -0.2) is 0 Å². The number of hydrogen-bond donors (Lipinski definition) is 0. The molecule has 4 aliphatic rings. The number of carbonyl (C=O) groups is 2. The molecule has 0 N–H and O–H groups in total. The van der Waals surface area contributed by atoms with Gasteiger partial charge in [0.2, 0.25) is 0 Å². The molecule has 2 saturated carbocycles. The number of rotatable bonds is 0. The first-order valence-corrected chi connectivity index (χ1v) is 8.98. The minimum absolute atomic E-state index is 0.0465. The van der Waals surface area contributed by atoms with Crippen LogP contribution in [-0.2, 0) is 9.59 Å². The Morgan fingerprint density at radius 3 is 2.61 bits per heavy atom. The first kappa shape index (κ1) is 15.1. The van der Waals surface area contributed by atoms with Crippen LogP contribution in [0.2, 0.25) is 0 Å². The van der Waals surface area contributed by atoms with Crippen LogP contribution in [-0.4, -0.2) is 11.6 Å². The van der Waals surface area contributed by atoms with E-state index < -0.39 is 0 Å². The van der Waals surface area contributed by atoms with Crippen molar-refractivity contribution in [3.05, 3.63) is 34.9 Å². The first-order valence-electron chi connectivity index (χ1n) is 8.98. The quantitative estimate of drug-likeness (QED) is 0.621. The number of carbonyl (C=O) groups excluding carboxylic acids is 2. The smallest absolute Gasteiger partial charge is 0.178 e. The molecule has 122 valence electrons. The van der Waals surface area contributed by atoms with Crippen molar-refractivity contribution < 1.29 is 9.59 Å². The summed E-state index contributed by atoms with van der Waals surface area (Å²) in [5.74, 6) is 1.77. The van der Waals surface area contributed by atoms with E-state index in [1.807, 2.05) is 6.08 Å². The Bertz CT molecular complexity index is 707. The maximum absolute atomic E-state index is 12.5. The lowest BCUT2D eigenvalue weighted by molar-refractivity contribution is -0.127. The highest BCUT2D eigenvalue weighted by Crippen LogP contribution is 2.63. The number of allylic oxidation sites excluding steroid dienone is 6. The number of hydrogen-bond acceptors (Lipinski definition) is 2. The molecule has 0 aromatic carbocycles. The molecule has 0 amide bonds. The Kier molecular flexibility index (Phi) is 2.99. The highest BCUT2D eigenvalue weighted by molar-refractivity contribution is 6.01. The zero-order valence-corrected chi connectivity index (χ0v) is 14.6. The van der Waals surface area contributed by atoms with Gasteiger partial charge in [-0.05, 0) is 61.7 Å². The fourth-order valence-corrected chi connectivity index (χ4v) is 6.00. The Morgan fingerprint density at radius 1 is 1.13 bits per heavy atom. The predicted molar refractivity (Wildman–Crippen MR) is 90.8 cm³/mol. The van der Waals surface area contributed by atoms with E-state index in [1.54, 1.807) is 11.6 Å². The SMILES string of the molecule is CC1=C2[C@H](CC[C@]3(C)C(=O)CC[C@@H]23)[C@@]2(C)C=CC(=O)C=C2C1C. The summed E-state index contributed by atoms with van der Waals surface area (Å²) in [7, 11) is 0. The van der Waals surface area contributed by atoms with Gasteiger partial charge in [-0.15, -0.1) is 0 Å². The van der Waals surface area contributed by atoms with E-state index in [0.717, 1.165) is 25.7 Å². The van der Waals surface area contributed by atoms with Gasteiger partial charge in [0.15, 0.2) is 5.78 Å². The third kappa shape index (κ3) is 1.75. The molecule has 0 aliphatic heterocycles. The van der Waals surface area contributed by atoms with E-state index >= 15 is 0 Å². The molecule has 4 aliphatic carbocycles. The van der Waals surface area contributed by atoms with E-state index in [9.17, 15) is 9.59 Å². The third-order valence-electron chi connectivity index (χ3n) is 7.58. The molecule has 23 heavy (non-hydrogen) atoms. The molecule has 2 heteroatoms. The highest BCUT2D eigenvalue weighted by Gasteiger charge is 2.57. The second kappa shape index (κ2) is 4.55. The Balaban J connectivity index is 1.90. The van der Waals surface area contributed by atoms with E-state index in [1.165, 1.54) is 11.1 Å². The topological polar surface area (TPSA) is 34.1 Å². The fourth-order valence-electron chi connectivity index (χ4n) is 6.00. The molecular formula is C21H26O2. The van der Waals surface area contributed by atoms with Gasteiger partial charge in [0.1, 0.15) is 5.78 Å². The van der Waals surface area contributed by atoms with Crippen LogP contribution in [0.3, 0.4) is 0 Å². The van der Waals surface area contributed by atoms with Gasteiger partial charge in [0.25, 0.3) is 0 Å². The van der Waals surface area contributed by atoms with Crippen LogP contribution in [0.4, 0.5) is 0 Å². The summed E-state index contributed by atoms with van der Waals surface area (Å²) in [5, 5.41) is 0. The van der Waals surface area contributed by atoms with Crippen LogP contribution in [0.5, 0.6) is 0 Å². The molecule has 0 aromatic heterocycles. The molecule has 0 heterocycles. The van der Waals surface area contributed by atoms with Gasteiger partial charge < -0.3 is 0 Å². The van der Waals surface area contributed by atoms with Gasteiger partial charge in [-0.1, -0.05) is 38.0 Å². The summed E-state index contributed by atoms with van der Waals surface area (Å²) in [6, 6.07) is 0. The monoisotopic (exact) mass is 310 g/mol. The normalized spacial score (nSPS) is 45.6. The van der Waals surface area contributed by atoms with Crippen molar-refractivity contribution in [1.82, 2.24) is 0 Å². The van der Waals surface area contributed by atoms with Gasteiger partial charge in [-0.2, -0.15) is 0 Å². The predicted octanol–water partition coefficient (Wildman–Crippen LogP) is 4.42. The molecule has 5 atom stereocenters. The summed E-state index contributed by atoms with van der Waals surface area (Å²) in [5.41, 5.74) is 4.07. The molecule has 0 spiro atoms. The van der Waals surface area contributed by atoms with E-state index in [4.69, 9.17) is 0 Å². The summed E-state index contributed by atoms with van der Waals surface area (Å²) in [6.07, 6.45) is 9.59. The van der Waals surface area contributed by atoms with Crippen LogP contribution < -0.4 is 0 Å². The number of ketones is 2. The van der Waals surface area contributed by atoms with Gasteiger partial charge >= 0.3 is 0 Å². The molecule has 1 unspecified atom stereocenters. The molecule has 4 rings (SSSR count). The zero-order chi connectivity index (χ0) is 16.6. The maximum Gasteiger partial charge on any atom is 0.178 e. The Morgan fingerprint density at radius 2 is 1.87 bits per heavy atom. The van der Waals surface area contributed by atoms with Gasteiger partial charge in [-0.3, -0.25) is 9.59 Å². The van der Waals surface area contributed by atoms with Crippen molar-refractivity contribution in [2.75, 3.05) is 0 Å². The standard InChI is InChI=1S/C21H26O2/c1-12-13(2)19-15-5-6-18(23)21(15,4)10-8-16(19)20(3)9-7-14(22)11-17(12)20/h7,9,11-12,15-16H,5-6,8,10H2,1-4H3/t12?,15-,16-,20+,21-/m0/s1. The summed E-state index contributed by atoms with van der Waals surface area (Å²) < 4.78 is 0. The van der Waals surface area contributed by atoms with Crippen molar-refractivity contribution >= 4 is 11.6 Å². The fraction of sp³-hybridized carbons (Fsp3) is 0.619. The van der Waals surface area contributed by atoms with E-state index in [2.05, 4.69) is 33.8 Å². The van der Waals surface area contributed by atoms with E-state index in [-0.39, 0.29) is 16.6 Å². The molecule has 0 bridgehead atoms.